The summed E-state index contributed by atoms with van der Waals surface area (Å²) in [6.07, 6.45) is 4.06. The molecule has 11 heteroatoms. The first-order chi connectivity index (χ1) is 18.6. The number of para-hydroxylation sites is 1. The predicted octanol–water partition coefficient (Wildman–Crippen LogP) is 3.83. The van der Waals surface area contributed by atoms with E-state index in [2.05, 4.69) is 47.6 Å². The highest BCUT2D eigenvalue weighted by Gasteiger charge is 2.49. The molecule has 6 rings (SSSR count). The lowest BCUT2D eigenvalue weighted by molar-refractivity contribution is 0.0653. The second-order valence-corrected chi connectivity index (χ2v) is 9.26. The molecule has 10 nitrogen and oxygen atoms in total. The molecule has 2 atom stereocenters. The van der Waals surface area contributed by atoms with E-state index >= 15 is 0 Å². The lowest BCUT2D eigenvalue weighted by atomic mass is 9.83. The van der Waals surface area contributed by atoms with Crippen LogP contribution in [0.25, 0.3) is 22.3 Å². The topological polar surface area (TPSA) is 127 Å². The van der Waals surface area contributed by atoms with Crippen molar-refractivity contribution in [2.24, 2.45) is 0 Å². The number of imidazole rings is 1. The summed E-state index contributed by atoms with van der Waals surface area (Å²) in [6, 6.07) is 10.9. The van der Waals surface area contributed by atoms with Gasteiger partial charge in [-0.25, -0.2) is 9.37 Å². The molecule has 0 aliphatic carbocycles. The maximum absolute atomic E-state index is 13.4. The highest BCUT2D eigenvalue weighted by molar-refractivity contribution is 5.85. The smallest absolute Gasteiger partial charge is 0.245 e. The lowest BCUT2D eigenvalue weighted by Crippen LogP contribution is -2.53. The number of halogens is 1. The summed E-state index contributed by atoms with van der Waals surface area (Å²) in [4.78, 5) is 15.8. The van der Waals surface area contributed by atoms with Crippen molar-refractivity contribution in [2.75, 3.05) is 26.9 Å². The van der Waals surface area contributed by atoms with Crippen LogP contribution in [0.2, 0.25) is 0 Å². The van der Waals surface area contributed by atoms with Crippen LogP contribution < -0.4 is 5.32 Å². The zero-order chi connectivity index (χ0) is 26.1. The number of ether oxygens (including phenoxy) is 2. The van der Waals surface area contributed by atoms with Gasteiger partial charge in [0.05, 0.1) is 48.7 Å². The summed E-state index contributed by atoms with van der Waals surface area (Å²) in [5, 5.41) is 13.6. The number of fused-ring (bicyclic) bond motifs is 3. The standard InChI is InChI=1S/C27H28FN7O3/c1-3-37-15-27(26-35-34-23(38-26)10-11-36-2)24-18(17-6-4-5-7-19(17)31-24)12-21(33-27)25-30-14-22(32-25)20-9-8-16(28)13-29-20/h4-9,13-14,21,31,33H,3,10-12,15H2,1-2H3,(H,30,32)/t21-,27?/m1/s1. The van der Waals surface area contributed by atoms with Crippen LogP contribution in [0.3, 0.4) is 0 Å². The Bertz CT molecular complexity index is 1540. The number of rotatable bonds is 9. The maximum Gasteiger partial charge on any atom is 0.245 e. The summed E-state index contributed by atoms with van der Waals surface area (Å²) in [7, 11) is 1.64. The molecule has 0 radical (unpaired) electrons. The van der Waals surface area contributed by atoms with Crippen LogP contribution in [-0.4, -0.2) is 57.1 Å². The molecule has 196 valence electrons. The third kappa shape index (κ3) is 4.28. The van der Waals surface area contributed by atoms with E-state index in [0.717, 1.165) is 22.2 Å². The van der Waals surface area contributed by atoms with Gasteiger partial charge in [-0.1, -0.05) is 18.2 Å². The van der Waals surface area contributed by atoms with Gasteiger partial charge in [0.2, 0.25) is 11.8 Å². The van der Waals surface area contributed by atoms with Crippen LogP contribution in [0.4, 0.5) is 4.39 Å². The van der Waals surface area contributed by atoms with Crippen molar-refractivity contribution in [1.82, 2.24) is 35.5 Å². The lowest BCUT2D eigenvalue weighted by Gasteiger charge is -2.39. The number of H-pyrrole nitrogens is 2. The van der Waals surface area contributed by atoms with Crippen LogP contribution in [0, 0.1) is 5.82 Å². The quantitative estimate of drug-likeness (QED) is 0.269. The second kappa shape index (κ2) is 10.1. The van der Waals surface area contributed by atoms with Crippen molar-refractivity contribution in [3.05, 3.63) is 83.5 Å². The van der Waals surface area contributed by atoms with Gasteiger partial charge in [0.15, 0.2) is 5.54 Å². The number of aromatic amines is 2. The minimum Gasteiger partial charge on any atom is -0.423 e. The minimum atomic E-state index is -0.952. The van der Waals surface area contributed by atoms with Gasteiger partial charge in [-0.15, -0.1) is 10.2 Å². The molecular weight excluding hydrogens is 489 g/mol. The Kier molecular flexibility index (Phi) is 6.48. The molecule has 0 saturated carbocycles. The molecule has 5 heterocycles. The van der Waals surface area contributed by atoms with E-state index in [0.29, 0.717) is 55.0 Å². The molecule has 5 aromatic rings. The van der Waals surface area contributed by atoms with Gasteiger partial charge in [-0.2, -0.15) is 0 Å². The van der Waals surface area contributed by atoms with Crippen molar-refractivity contribution in [1.29, 1.82) is 0 Å². The van der Waals surface area contributed by atoms with Crippen LogP contribution in [-0.2, 0) is 27.9 Å². The summed E-state index contributed by atoms with van der Waals surface area (Å²) in [6.45, 7) is 3.20. The number of aromatic nitrogens is 6. The van der Waals surface area contributed by atoms with Crippen molar-refractivity contribution >= 4 is 10.9 Å². The van der Waals surface area contributed by atoms with E-state index in [1.165, 1.54) is 12.3 Å². The Morgan fingerprint density at radius 1 is 1.11 bits per heavy atom. The summed E-state index contributed by atoms with van der Waals surface area (Å²) >= 11 is 0. The normalized spacial score (nSPS) is 19.2. The van der Waals surface area contributed by atoms with Crippen molar-refractivity contribution < 1.29 is 18.3 Å². The van der Waals surface area contributed by atoms with Gasteiger partial charge in [-0.05, 0) is 37.1 Å². The Labute approximate surface area is 218 Å². The number of hydrogen-bond donors (Lipinski definition) is 3. The van der Waals surface area contributed by atoms with E-state index in [-0.39, 0.29) is 18.5 Å². The number of methoxy groups -OCH3 is 1. The molecule has 0 amide bonds. The van der Waals surface area contributed by atoms with E-state index in [1.807, 2.05) is 19.1 Å². The van der Waals surface area contributed by atoms with Crippen molar-refractivity contribution in [3.63, 3.8) is 0 Å². The first-order valence-corrected chi connectivity index (χ1v) is 12.6. The Morgan fingerprint density at radius 2 is 2.00 bits per heavy atom. The van der Waals surface area contributed by atoms with Gasteiger partial charge in [-0.3, -0.25) is 10.3 Å². The second-order valence-electron chi connectivity index (χ2n) is 9.26. The molecule has 0 spiro atoms. The SMILES string of the molecule is CCOCC1(c2nnc(CCOC)o2)N[C@@H](c2ncc(-c3ccc(F)cn3)[nH]2)Cc2c1[nH]c1ccccc21. The van der Waals surface area contributed by atoms with Crippen LogP contribution >= 0.6 is 0 Å². The maximum atomic E-state index is 13.4. The Balaban J connectivity index is 1.46. The average Bonchev–Trinajstić information content (AvgIpc) is 3.70. The fraction of sp³-hybridized carbons (Fsp3) is 0.333. The molecule has 38 heavy (non-hydrogen) atoms. The number of hydrogen-bond acceptors (Lipinski definition) is 8. The average molecular weight is 518 g/mol. The van der Waals surface area contributed by atoms with Gasteiger partial charge in [0.25, 0.3) is 0 Å². The predicted molar refractivity (Wildman–Crippen MR) is 137 cm³/mol. The van der Waals surface area contributed by atoms with E-state index in [1.54, 1.807) is 19.4 Å². The first-order valence-electron chi connectivity index (χ1n) is 12.6. The Morgan fingerprint density at radius 3 is 2.82 bits per heavy atom. The summed E-state index contributed by atoms with van der Waals surface area (Å²) in [5.74, 6) is 1.21. The molecule has 0 fully saturated rings. The molecule has 3 N–H and O–H groups in total. The van der Waals surface area contributed by atoms with Gasteiger partial charge < -0.3 is 23.9 Å². The van der Waals surface area contributed by atoms with E-state index in [9.17, 15) is 4.39 Å². The fourth-order valence-corrected chi connectivity index (χ4v) is 5.06. The first kappa shape index (κ1) is 24.4. The summed E-state index contributed by atoms with van der Waals surface area (Å²) < 4.78 is 30.8. The zero-order valence-corrected chi connectivity index (χ0v) is 21.1. The van der Waals surface area contributed by atoms with Crippen molar-refractivity contribution in [3.8, 4) is 11.4 Å². The fourth-order valence-electron chi connectivity index (χ4n) is 5.06. The van der Waals surface area contributed by atoms with Crippen LogP contribution in [0.15, 0.2) is 53.2 Å². The molecule has 1 aliphatic heterocycles. The zero-order valence-electron chi connectivity index (χ0n) is 21.1. The highest BCUT2D eigenvalue weighted by atomic mass is 19.1. The van der Waals surface area contributed by atoms with Gasteiger partial charge >= 0.3 is 0 Å². The molecule has 1 unspecified atom stereocenters. The van der Waals surface area contributed by atoms with E-state index < -0.39 is 5.54 Å². The number of nitrogens with one attached hydrogen (secondary N) is 3. The number of pyridine rings is 1. The molecule has 1 aromatic carbocycles. The van der Waals surface area contributed by atoms with Crippen LogP contribution in [0.5, 0.6) is 0 Å². The molecule has 1 aliphatic rings. The molecule has 0 saturated heterocycles. The molecule has 0 bridgehead atoms. The van der Waals surface area contributed by atoms with Crippen LogP contribution in [0.1, 0.15) is 41.8 Å². The third-order valence-electron chi connectivity index (χ3n) is 6.87. The van der Waals surface area contributed by atoms with Gasteiger partial charge in [0, 0.05) is 31.0 Å². The monoisotopic (exact) mass is 517 g/mol. The van der Waals surface area contributed by atoms with Gasteiger partial charge in [0.1, 0.15) is 11.6 Å². The highest BCUT2D eigenvalue weighted by Crippen LogP contribution is 2.42. The number of benzene rings is 1. The Hall–Kier alpha value is -3.93. The molecule has 4 aromatic heterocycles. The van der Waals surface area contributed by atoms with E-state index in [4.69, 9.17) is 13.9 Å². The molecular formula is C27H28FN7O3. The van der Waals surface area contributed by atoms with Crippen molar-refractivity contribution in [2.45, 2.75) is 31.3 Å². The largest absolute Gasteiger partial charge is 0.423 e. The number of nitrogens with zero attached hydrogens (tertiary/aromatic N) is 4. The summed E-state index contributed by atoms with van der Waals surface area (Å²) in [5.41, 5.74) is 3.41. The minimum absolute atomic E-state index is 0.245. The third-order valence-corrected chi connectivity index (χ3v) is 6.87.